The first-order valence-electron chi connectivity index (χ1n) is 4.41. The lowest BCUT2D eigenvalue weighted by Crippen LogP contribution is -2.26. The fraction of sp³-hybridized carbons (Fsp3) is 0.400. The van der Waals surface area contributed by atoms with Crippen LogP contribution < -0.4 is 10.6 Å². The van der Waals surface area contributed by atoms with Crippen LogP contribution in [0.2, 0.25) is 0 Å². The fourth-order valence-electron chi connectivity index (χ4n) is 1.14. The normalized spacial score (nSPS) is 10.7. The van der Waals surface area contributed by atoms with E-state index in [1.807, 2.05) is 48.4 Å². The zero-order valence-corrected chi connectivity index (χ0v) is 10.7. The van der Waals surface area contributed by atoms with Crippen LogP contribution in [0.15, 0.2) is 12.1 Å². The summed E-state index contributed by atoms with van der Waals surface area (Å²) in [6, 6.07) is 3.44. The van der Waals surface area contributed by atoms with Gasteiger partial charge in [-0.1, -0.05) is 0 Å². The smallest absolute Gasteiger partial charge is 0.138 e. The molecular formula is C10H14FIN2. The second kappa shape index (κ2) is 4.33. The van der Waals surface area contributed by atoms with Crippen molar-refractivity contribution in [3.05, 3.63) is 21.5 Å². The van der Waals surface area contributed by atoms with Crippen molar-refractivity contribution >= 4 is 34.0 Å². The van der Waals surface area contributed by atoms with Crippen molar-refractivity contribution in [1.29, 1.82) is 0 Å². The number of anilines is 2. The maximum atomic E-state index is 13.3. The van der Waals surface area contributed by atoms with Crippen molar-refractivity contribution in [3.8, 4) is 0 Å². The number of benzene rings is 1. The average Bonchev–Trinajstić information content (AvgIpc) is 2.10. The molecule has 0 aromatic heterocycles. The lowest BCUT2D eigenvalue weighted by Gasteiger charge is -2.25. The first-order valence-corrected chi connectivity index (χ1v) is 5.48. The van der Waals surface area contributed by atoms with Gasteiger partial charge in [-0.25, -0.2) is 4.39 Å². The highest BCUT2D eigenvalue weighted by molar-refractivity contribution is 14.1. The van der Waals surface area contributed by atoms with Crippen LogP contribution in [0.1, 0.15) is 13.8 Å². The second-order valence-electron chi connectivity index (χ2n) is 3.53. The van der Waals surface area contributed by atoms with Gasteiger partial charge in [-0.2, -0.15) is 0 Å². The molecule has 0 aliphatic rings. The molecule has 2 N–H and O–H groups in total. The standard InChI is InChI=1S/C10H14FIN2/c1-6(2)14(3)10-4-7(11)8(12)5-9(10)13/h4-6H,13H2,1-3H3. The number of nitrogens with two attached hydrogens (primary N) is 1. The van der Waals surface area contributed by atoms with E-state index in [0.717, 1.165) is 5.69 Å². The van der Waals surface area contributed by atoms with E-state index in [9.17, 15) is 4.39 Å². The van der Waals surface area contributed by atoms with Crippen LogP contribution in [0.5, 0.6) is 0 Å². The lowest BCUT2D eigenvalue weighted by atomic mass is 10.2. The summed E-state index contributed by atoms with van der Waals surface area (Å²) in [5.74, 6) is -0.220. The minimum Gasteiger partial charge on any atom is -0.397 e. The molecule has 1 rings (SSSR count). The predicted octanol–water partition coefficient (Wildman–Crippen LogP) is 2.86. The van der Waals surface area contributed by atoms with Crippen LogP contribution in [-0.4, -0.2) is 13.1 Å². The van der Waals surface area contributed by atoms with Crippen LogP contribution in [0.25, 0.3) is 0 Å². The summed E-state index contributed by atoms with van der Waals surface area (Å²) in [4.78, 5) is 1.95. The summed E-state index contributed by atoms with van der Waals surface area (Å²) in [5, 5.41) is 0. The van der Waals surface area contributed by atoms with Gasteiger partial charge in [-0.15, -0.1) is 0 Å². The molecule has 1 aromatic carbocycles. The number of rotatable bonds is 2. The molecule has 0 amide bonds. The summed E-state index contributed by atoms with van der Waals surface area (Å²) in [5.41, 5.74) is 7.18. The highest BCUT2D eigenvalue weighted by atomic mass is 127. The Bertz CT molecular complexity index is 339. The number of halogens is 2. The van der Waals surface area contributed by atoms with Gasteiger partial charge in [0.15, 0.2) is 0 Å². The molecule has 14 heavy (non-hydrogen) atoms. The predicted molar refractivity (Wildman–Crippen MR) is 67.1 cm³/mol. The Hall–Kier alpha value is -0.520. The summed E-state index contributed by atoms with van der Waals surface area (Å²) < 4.78 is 13.8. The molecule has 0 atom stereocenters. The number of hydrogen-bond donors (Lipinski definition) is 1. The summed E-state index contributed by atoms with van der Waals surface area (Å²) in [6.07, 6.45) is 0. The molecule has 2 nitrogen and oxygen atoms in total. The van der Waals surface area contributed by atoms with Gasteiger partial charge in [0, 0.05) is 19.2 Å². The summed E-state index contributed by atoms with van der Waals surface area (Å²) in [7, 11) is 1.91. The third kappa shape index (κ3) is 2.29. The van der Waals surface area contributed by atoms with E-state index in [1.54, 1.807) is 6.07 Å². The van der Waals surface area contributed by atoms with E-state index >= 15 is 0 Å². The molecule has 0 aliphatic carbocycles. The first kappa shape index (κ1) is 11.6. The van der Waals surface area contributed by atoms with Gasteiger partial charge in [0.1, 0.15) is 5.82 Å². The Morgan fingerprint density at radius 2 is 2.00 bits per heavy atom. The molecule has 0 aliphatic heterocycles. The van der Waals surface area contributed by atoms with Crippen LogP contribution in [-0.2, 0) is 0 Å². The topological polar surface area (TPSA) is 29.3 Å². The van der Waals surface area contributed by atoms with Crippen LogP contribution >= 0.6 is 22.6 Å². The van der Waals surface area contributed by atoms with Gasteiger partial charge in [-0.3, -0.25) is 0 Å². The molecule has 4 heteroatoms. The van der Waals surface area contributed by atoms with Crippen LogP contribution in [0.3, 0.4) is 0 Å². The van der Waals surface area contributed by atoms with Crippen molar-refractivity contribution < 1.29 is 4.39 Å². The van der Waals surface area contributed by atoms with Gasteiger partial charge in [0.2, 0.25) is 0 Å². The van der Waals surface area contributed by atoms with E-state index in [1.165, 1.54) is 6.07 Å². The van der Waals surface area contributed by atoms with Crippen LogP contribution in [0.4, 0.5) is 15.8 Å². The van der Waals surface area contributed by atoms with E-state index < -0.39 is 0 Å². The maximum Gasteiger partial charge on any atom is 0.138 e. The Morgan fingerprint density at radius 1 is 1.43 bits per heavy atom. The molecule has 0 bridgehead atoms. The Labute approximate surface area is 97.4 Å². The van der Waals surface area contributed by atoms with E-state index in [2.05, 4.69) is 0 Å². The third-order valence-corrected chi connectivity index (χ3v) is 3.05. The zero-order valence-electron chi connectivity index (χ0n) is 8.51. The van der Waals surface area contributed by atoms with Gasteiger partial charge in [0.05, 0.1) is 14.9 Å². The number of hydrogen-bond acceptors (Lipinski definition) is 2. The minimum atomic E-state index is -0.220. The highest BCUT2D eigenvalue weighted by Gasteiger charge is 2.11. The zero-order chi connectivity index (χ0) is 10.9. The largest absolute Gasteiger partial charge is 0.397 e. The number of nitrogen functional groups attached to an aromatic ring is 1. The average molecular weight is 308 g/mol. The van der Waals surface area contributed by atoms with Gasteiger partial charge < -0.3 is 10.6 Å². The Balaban J connectivity index is 3.15. The Kier molecular flexibility index (Phi) is 3.58. The molecule has 0 saturated heterocycles. The van der Waals surface area contributed by atoms with E-state index in [0.29, 0.717) is 15.3 Å². The highest BCUT2D eigenvalue weighted by Crippen LogP contribution is 2.27. The SMILES string of the molecule is CC(C)N(C)c1cc(F)c(I)cc1N. The lowest BCUT2D eigenvalue weighted by molar-refractivity contribution is 0.618. The molecule has 0 spiro atoms. The molecule has 0 unspecified atom stereocenters. The first-order chi connectivity index (χ1) is 6.43. The van der Waals surface area contributed by atoms with Crippen molar-refractivity contribution in [3.63, 3.8) is 0 Å². The quantitative estimate of drug-likeness (QED) is 0.672. The van der Waals surface area contributed by atoms with Crippen molar-refractivity contribution in [1.82, 2.24) is 0 Å². The van der Waals surface area contributed by atoms with Crippen molar-refractivity contribution in [2.75, 3.05) is 17.7 Å². The molecular weight excluding hydrogens is 294 g/mol. The van der Waals surface area contributed by atoms with E-state index in [-0.39, 0.29) is 5.82 Å². The molecule has 0 fully saturated rings. The Morgan fingerprint density at radius 3 is 2.50 bits per heavy atom. The van der Waals surface area contributed by atoms with E-state index in [4.69, 9.17) is 5.73 Å². The maximum absolute atomic E-state index is 13.3. The third-order valence-electron chi connectivity index (χ3n) is 2.22. The summed E-state index contributed by atoms with van der Waals surface area (Å²) in [6.45, 7) is 4.07. The van der Waals surface area contributed by atoms with Gasteiger partial charge >= 0.3 is 0 Å². The van der Waals surface area contributed by atoms with Crippen molar-refractivity contribution in [2.45, 2.75) is 19.9 Å². The summed E-state index contributed by atoms with van der Waals surface area (Å²) >= 11 is 1.93. The minimum absolute atomic E-state index is 0.220. The second-order valence-corrected chi connectivity index (χ2v) is 4.69. The molecule has 0 saturated carbocycles. The van der Waals surface area contributed by atoms with Gasteiger partial charge in [-0.05, 0) is 42.5 Å². The molecule has 1 aromatic rings. The fourth-order valence-corrected chi connectivity index (χ4v) is 1.63. The number of nitrogens with zero attached hydrogens (tertiary/aromatic N) is 1. The molecule has 78 valence electrons. The van der Waals surface area contributed by atoms with Gasteiger partial charge in [0.25, 0.3) is 0 Å². The molecule has 0 radical (unpaired) electrons. The van der Waals surface area contributed by atoms with Crippen LogP contribution in [0, 0.1) is 9.39 Å². The van der Waals surface area contributed by atoms with Crippen molar-refractivity contribution in [2.24, 2.45) is 0 Å². The monoisotopic (exact) mass is 308 g/mol. The molecule has 0 heterocycles.